The lowest BCUT2D eigenvalue weighted by molar-refractivity contribution is -0.137. The van der Waals surface area contributed by atoms with Gasteiger partial charge in [-0.15, -0.1) is 0 Å². The number of aromatic nitrogens is 3. The highest BCUT2D eigenvalue weighted by Gasteiger charge is 2.28. The van der Waals surface area contributed by atoms with Gasteiger partial charge in [0, 0.05) is 18.7 Å². The molecule has 1 aliphatic rings. The van der Waals surface area contributed by atoms with E-state index in [9.17, 15) is 23.1 Å². The molecule has 0 unspecified atom stereocenters. The maximum Gasteiger partial charge on any atom is 0.390 e. The number of pyridine rings is 1. The van der Waals surface area contributed by atoms with Crippen molar-refractivity contribution < 1.29 is 18.3 Å². The Morgan fingerprint density at radius 1 is 0.970 bits per heavy atom. The molecule has 1 aromatic carbocycles. The Morgan fingerprint density at radius 2 is 1.70 bits per heavy atom. The second kappa shape index (κ2) is 9.82. The highest BCUT2D eigenvalue weighted by atomic mass is 19.4. The van der Waals surface area contributed by atoms with E-state index in [1.54, 1.807) is 0 Å². The quantitative estimate of drug-likeness (QED) is 0.568. The van der Waals surface area contributed by atoms with E-state index in [1.165, 1.54) is 23.8 Å². The fraction of sp³-hybridized carbons (Fsp3) is 0.417. The van der Waals surface area contributed by atoms with Gasteiger partial charge in [0.2, 0.25) is 5.88 Å². The third-order valence-electron chi connectivity index (χ3n) is 5.89. The average molecular weight is 461 g/mol. The molecule has 3 heterocycles. The Bertz CT molecular complexity index is 1130. The van der Waals surface area contributed by atoms with E-state index in [1.807, 2.05) is 42.5 Å². The fourth-order valence-corrected chi connectivity index (χ4v) is 4.13. The molecule has 0 saturated carbocycles. The first kappa shape index (κ1) is 23.1. The number of halogens is 3. The summed E-state index contributed by atoms with van der Waals surface area (Å²) in [5.41, 5.74) is 2.95. The van der Waals surface area contributed by atoms with Crippen LogP contribution in [0.5, 0.6) is 5.88 Å². The van der Waals surface area contributed by atoms with Crippen LogP contribution in [0, 0.1) is 0 Å². The zero-order valence-corrected chi connectivity index (χ0v) is 18.3. The molecule has 176 valence electrons. The SMILES string of the molecule is O=c1n(Cc2ccc(-c3cccc(CN4CCCCC4)n3)cc2)cc(O)n1CCC(F)(F)F. The van der Waals surface area contributed by atoms with E-state index >= 15 is 0 Å². The first-order valence-electron chi connectivity index (χ1n) is 11.1. The van der Waals surface area contributed by atoms with Gasteiger partial charge in [0.15, 0.2) is 0 Å². The smallest absolute Gasteiger partial charge is 0.390 e. The molecule has 1 aliphatic heterocycles. The minimum atomic E-state index is -4.40. The number of hydrogen-bond acceptors (Lipinski definition) is 4. The Hall–Kier alpha value is -3.07. The third kappa shape index (κ3) is 6.04. The summed E-state index contributed by atoms with van der Waals surface area (Å²) in [6, 6.07) is 13.5. The number of nitrogens with zero attached hydrogens (tertiary/aromatic N) is 4. The maximum atomic E-state index is 12.5. The number of likely N-dealkylation sites (tertiary alicyclic amines) is 1. The maximum absolute atomic E-state index is 12.5. The predicted octanol–water partition coefficient (Wildman–Crippen LogP) is 4.40. The van der Waals surface area contributed by atoms with Crippen molar-refractivity contribution in [1.82, 2.24) is 19.0 Å². The summed E-state index contributed by atoms with van der Waals surface area (Å²) in [6.07, 6.45) is -0.661. The highest BCUT2D eigenvalue weighted by Crippen LogP contribution is 2.22. The van der Waals surface area contributed by atoms with Gasteiger partial charge in [0.25, 0.3) is 0 Å². The number of hydrogen-bond donors (Lipinski definition) is 1. The molecule has 0 atom stereocenters. The van der Waals surface area contributed by atoms with Crippen molar-refractivity contribution in [3.63, 3.8) is 0 Å². The average Bonchev–Trinajstić information content (AvgIpc) is 3.05. The topological polar surface area (TPSA) is 63.3 Å². The van der Waals surface area contributed by atoms with Crippen LogP contribution in [0.4, 0.5) is 13.2 Å². The number of rotatable bonds is 7. The van der Waals surface area contributed by atoms with Crippen molar-refractivity contribution in [3.05, 3.63) is 70.4 Å². The van der Waals surface area contributed by atoms with Crippen molar-refractivity contribution in [1.29, 1.82) is 0 Å². The molecule has 0 bridgehead atoms. The molecule has 6 nitrogen and oxygen atoms in total. The molecule has 33 heavy (non-hydrogen) atoms. The van der Waals surface area contributed by atoms with E-state index in [2.05, 4.69) is 4.90 Å². The van der Waals surface area contributed by atoms with Crippen molar-refractivity contribution >= 4 is 0 Å². The zero-order valence-electron chi connectivity index (χ0n) is 18.3. The van der Waals surface area contributed by atoms with Crippen LogP contribution < -0.4 is 5.69 Å². The fourth-order valence-electron chi connectivity index (χ4n) is 4.13. The summed E-state index contributed by atoms with van der Waals surface area (Å²) in [5.74, 6) is -0.476. The Kier molecular flexibility index (Phi) is 6.88. The van der Waals surface area contributed by atoms with Crippen molar-refractivity contribution in [2.45, 2.75) is 51.5 Å². The van der Waals surface area contributed by atoms with E-state index in [0.29, 0.717) is 0 Å². The van der Waals surface area contributed by atoms with Crippen LogP contribution in [0.15, 0.2) is 53.5 Å². The molecule has 9 heteroatoms. The predicted molar refractivity (Wildman–Crippen MR) is 119 cm³/mol. The minimum absolute atomic E-state index is 0.147. The summed E-state index contributed by atoms with van der Waals surface area (Å²) >= 11 is 0. The second-order valence-corrected chi connectivity index (χ2v) is 8.46. The number of imidazole rings is 1. The van der Waals surface area contributed by atoms with Crippen molar-refractivity contribution in [2.24, 2.45) is 0 Å². The van der Waals surface area contributed by atoms with Gasteiger partial charge in [0.1, 0.15) is 0 Å². The first-order chi connectivity index (χ1) is 15.8. The Balaban J connectivity index is 1.44. The summed E-state index contributed by atoms with van der Waals surface area (Å²) in [4.78, 5) is 19.6. The van der Waals surface area contributed by atoms with E-state index in [-0.39, 0.29) is 6.54 Å². The Morgan fingerprint density at radius 3 is 2.39 bits per heavy atom. The first-order valence-corrected chi connectivity index (χ1v) is 11.1. The van der Waals surface area contributed by atoms with Crippen LogP contribution >= 0.6 is 0 Å². The Labute approximate surface area is 189 Å². The molecule has 4 rings (SSSR count). The van der Waals surface area contributed by atoms with Gasteiger partial charge in [0.05, 0.1) is 30.6 Å². The van der Waals surface area contributed by atoms with Gasteiger partial charge in [-0.25, -0.2) is 4.79 Å². The van der Waals surface area contributed by atoms with Crippen LogP contribution in [0.3, 0.4) is 0 Å². The largest absolute Gasteiger partial charge is 0.493 e. The zero-order chi connectivity index (χ0) is 23.4. The standard InChI is InChI=1S/C24H27F3N4O2/c25-24(26,27)11-14-31-22(32)17-30(23(31)33)15-18-7-9-19(10-8-18)21-6-4-5-20(28-21)16-29-12-2-1-3-13-29/h4-10,17,32H,1-3,11-16H2. The molecule has 1 fully saturated rings. The number of alkyl halides is 3. The molecular formula is C24H27F3N4O2. The molecule has 0 spiro atoms. The van der Waals surface area contributed by atoms with Crippen molar-refractivity contribution in [3.8, 4) is 17.1 Å². The van der Waals surface area contributed by atoms with Crippen LogP contribution in [-0.2, 0) is 19.6 Å². The van der Waals surface area contributed by atoms with Crippen molar-refractivity contribution in [2.75, 3.05) is 13.1 Å². The monoisotopic (exact) mass is 460 g/mol. The molecule has 0 aliphatic carbocycles. The van der Waals surface area contributed by atoms with E-state index in [4.69, 9.17) is 4.98 Å². The molecule has 1 saturated heterocycles. The number of benzene rings is 1. The summed E-state index contributed by atoms with van der Waals surface area (Å²) in [7, 11) is 0. The van der Waals surface area contributed by atoms with E-state index in [0.717, 1.165) is 52.9 Å². The summed E-state index contributed by atoms with van der Waals surface area (Å²) in [5, 5.41) is 9.89. The normalized spacial score (nSPS) is 15.1. The number of piperidine rings is 1. The molecular weight excluding hydrogens is 433 g/mol. The van der Waals surface area contributed by atoms with Crippen LogP contribution in [0.1, 0.15) is 36.9 Å². The highest BCUT2D eigenvalue weighted by molar-refractivity contribution is 5.59. The lowest BCUT2D eigenvalue weighted by Crippen LogP contribution is -2.29. The molecule has 3 aromatic rings. The molecule has 2 aromatic heterocycles. The minimum Gasteiger partial charge on any atom is -0.493 e. The molecule has 0 amide bonds. The second-order valence-electron chi connectivity index (χ2n) is 8.46. The van der Waals surface area contributed by atoms with Gasteiger partial charge < -0.3 is 5.11 Å². The molecule has 1 N–H and O–H groups in total. The number of aromatic hydroxyl groups is 1. The van der Waals surface area contributed by atoms with Gasteiger partial charge in [-0.1, -0.05) is 36.8 Å². The van der Waals surface area contributed by atoms with E-state index < -0.39 is 30.7 Å². The van der Waals surface area contributed by atoms with Crippen LogP contribution in [0.25, 0.3) is 11.3 Å². The van der Waals surface area contributed by atoms with Gasteiger partial charge >= 0.3 is 11.9 Å². The van der Waals surface area contributed by atoms with Gasteiger partial charge in [-0.05, 0) is 43.6 Å². The van der Waals surface area contributed by atoms with Gasteiger partial charge in [-0.2, -0.15) is 13.2 Å². The summed E-state index contributed by atoms with van der Waals surface area (Å²) in [6.45, 7) is 2.58. The van der Waals surface area contributed by atoms with Crippen LogP contribution in [-0.4, -0.2) is 43.4 Å². The summed E-state index contributed by atoms with van der Waals surface area (Å²) < 4.78 is 39.3. The van der Waals surface area contributed by atoms with Gasteiger partial charge in [-0.3, -0.25) is 19.0 Å². The molecule has 0 radical (unpaired) electrons. The van der Waals surface area contributed by atoms with Crippen LogP contribution in [0.2, 0.25) is 0 Å². The third-order valence-corrected chi connectivity index (χ3v) is 5.89. The lowest BCUT2D eigenvalue weighted by Gasteiger charge is -2.26. The lowest BCUT2D eigenvalue weighted by atomic mass is 10.1.